The standard InChI is InChI=1S/C12H13NO2/c1-2-15-12(14)13-10-6-9-11-7-4-3-5-8-11/h3-10H,2H2,1H3. The molecule has 3 heteroatoms. The van der Waals surface area contributed by atoms with E-state index in [-0.39, 0.29) is 0 Å². The van der Waals surface area contributed by atoms with Crippen LogP contribution in [-0.2, 0) is 4.74 Å². The highest BCUT2D eigenvalue weighted by Gasteiger charge is 1.91. The summed E-state index contributed by atoms with van der Waals surface area (Å²) in [6, 6.07) is 9.78. The van der Waals surface area contributed by atoms with Crippen molar-refractivity contribution < 1.29 is 9.53 Å². The summed E-state index contributed by atoms with van der Waals surface area (Å²) in [5.41, 5.74) is 1.06. The largest absolute Gasteiger partial charge is 0.448 e. The third kappa shape index (κ3) is 4.76. The van der Waals surface area contributed by atoms with Crippen LogP contribution in [0.2, 0.25) is 0 Å². The van der Waals surface area contributed by atoms with E-state index in [0.29, 0.717) is 6.61 Å². The molecule has 0 radical (unpaired) electrons. The molecule has 0 N–H and O–H groups in total. The zero-order chi connectivity index (χ0) is 10.9. The van der Waals surface area contributed by atoms with Crippen LogP contribution in [0.15, 0.2) is 41.4 Å². The molecule has 0 aromatic heterocycles. The quantitative estimate of drug-likeness (QED) is 0.708. The molecule has 0 aliphatic heterocycles. The van der Waals surface area contributed by atoms with Gasteiger partial charge in [0, 0.05) is 6.21 Å². The lowest BCUT2D eigenvalue weighted by Gasteiger charge is -1.92. The topological polar surface area (TPSA) is 38.7 Å². The lowest BCUT2D eigenvalue weighted by Crippen LogP contribution is -1.96. The number of rotatable bonds is 3. The van der Waals surface area contributed by atoms with Crippen LogP contribution < -0.4 is 0 Å². The molecule has 0 unspecified atom stereocenters. The van der Waals surface area contributed by atoms with Crippen LogP contribution in [0.5, 0.6) is 0 Å². The summed E-state index contributed by atoms with van der Waals surface area (Å²) in [5.74, 6) is 0. The van der Waals surface area contributed by atoms with Gasteiger partial charge >= 0.3 is 6.09 Å². The smallest absolute Gasteiger partial charge is 0.433 e. The highest BCUT2D eigenvalue weighted by molar-refractivity contribution is 5.87. The predicted molar refractivity (Wildman–Crippen MR) is 61.0 cm³/mol. The minimum Gasteiger partial charge on any atom is -0.448 e. The molecular formula is C12H13NO2. The van der Waals surface area contributed by atoms with Crippen LogP contribution in [-0.4, -0.2) is 18.9 Å². The van der Waals surface area contributed by atoms with Crippen LogP contribution >= 0.6 is 0 Å². The number of amides is 1. The van der Waals surface area contributed by atoms with E-state index in [1.165, 1.54) is 6.21 Å². The molecule has 0 saturated heterocycles. The molecular weight excluding hydrogens is 190 g/mol. The lowest BCUT2D eigenvalue weighted by molar-refractivity contribution is 0.164. The van der Waals surface area contributed by atoms with E-state index in [0.717, 1.165) is 5.56 Å². The van der Waals surface area contributed by atoms with E-state index in [1.807, 2.05) is 36.4 Å². The number of nitrogens with zero attached hydrogens (tertiary/aromatic N) is 1. The second kappa shape index (κ2) is 6.54. The van der Waals surface area contributed by atoms with Gasteiger partial charge in [0.15, 0.2) is 0 Å². The number of carbonyl (C=O) groups excluding carboxylic acids is 1. The molecule has 0 heterocycles. The summed E-state index contributed by atoms with van der Waals surface area (Å²) >= 11 is 0. The lowest BCUT2D eigenvalue weighted by atomic mass is 10.2. The molecule has 78 valence electrons. The average molecular weight is 203 g/mol. The number of ether oxygens (including phenoxy) is 1. The molecule has 0 bridgehead atoms. The molecule has 15 heavy (non-hydrogen) atoms. The van der Waals surface area contributed by atoms with Gasteiger partial charge in [0.1, 0.15) is 0 Å². The number of benzene rings is 1. The first-order chi connectivity index (χ1) is 7.33. The fraction of sp³-hybridized carbons (Fsp3) is 0.167. The minimum atomic E-state index is -0.560. The average Bonchev–Trinajstić information content (AvgIpc) is 2.26. The van der Waals surface area contributed by atoms with Crippen molar-refractivity contribution in [3.05, 3.63) is 42.0 Å². The third-order valence-electron chi connectivity index (χ3n) is 1.62. The zero-order valence-electron chi connectivity index (χ0n) is 8.59. The van der Waals surface area contributed by atoms with E-state index in [4.69, 9.17) is 0 Å². The Hall–Kier alpha value is -1.90. The predicted octanol–water partition coefficient (Wildman–Crippen LogP) is 2.93. The van der Waals surface area contributed by atoms with Gasteiger partial charge in [-0.2, -0.15) is 4.99 Å². The van der Waals surface area contributed by atoms with Crippen molar-refractivity contribution >= 4 is 18.4 Å². The van der Waals surface area contributed by atoms with Crippen LogP contribution in [0.1, 0.15) is 12.5 Å². The fourth-order valence-corrected chi connectivity index (χ4v) is 0.983. The van der Waals surface area contributed by atoms with Gasteiger partial charge in [0.2, 0.25) is 0 Å². The summed E-state index contributed by atoms with van der Waals surface area (Å²) in [6.45, 7) is 2.09. The molecule has 3 nitrogen and oxygen atoms in total. The van der Waals surface area contributed by atoms with Crippen molar-refractivity contribution in [2.75, 3.05) is 6.61 Å². The molecule has 0 aliphatic carbocycles. The fourth-order valence-electron chi connectivity index (χ4n) is 0.983. The molecule has 1 aromatic carbocycles. The van der Waals surface area contributed by atoms with Crippen LogP contribution in [0.25, 0.3) is 6.08 Å². The first-order valence-corrected chi connectivity index (χ1v) is 4.75. The molecule has 1 aromatic rings. The second-order valence-electron chi connectivity index (χ2n) is 2.75. The van der Waals surface area contributed by atoms with Crippen molar-refractivity contribution in [2.45, 2.75) is 6.92 Å². The Bertz CT molecular complexity index is 355. The Morgan fingerprint density at radius 1 is 1.40 bits per heavy atom. The minimum absolute atomic E-state index is 0.346. The van der Waals surface area contributed by atoms with Crippen molar-refractivity contribution in [3.8, 4) is 0 Å². The second-order valence-corrected chi connectivity index (χ2v) is 2.75. The number of allylic oxidation sites excluding steroid dienone is 1. The maximum absolute atomic E-state index is 10.8. The van der Waals surface area contributed by atoms with Crippen molar-refractivity contribution in [3.63, 3.8) is 0 Å². The summed E-state index contributed by atoms with van der Waals surface area (Å²) in [5, 5.41) is 0. The van der Waals surface area contributed by atoms with Gasteiger partial charge in [0.25, 0.3) is 0 Å². The van der Waals surface area contributed by atoms with Crippen LogP contribution in [0, 0.1) is 0 Å². The van der Waals surface area contributed by atoms with Crippen LogP contribution in [0.3, 0.4) is 0 Å². The molecule has 0 fully saturated rings. The molecule has 1 amide bonds. The zero-order valence-corrected chi connectivity index (χ0v) is 8.59. The van der Waals surface area contributed by atoms with Gasteiger partial charge in [-0.1, -0.05) is 36.4 Å². The highest BCUT2D eigenvalue weighted by Crippen LogP contribution is 1.99. The molecule has 1 rings (SSSR count). The number of hydrogen-bond acceptors (Lipinski definition) is 2. The van der Waals surface area contributed by atoms with E-state index < -0.39 is 6.09 Å². The maximum atomic E-state index is 10.8. The third-order valence-corrected chi connectivity index (χ3v) is 1.62. The number of hydrogen-bond donors (Lipinski definition) is 0. The summed E-state index contributed by atoms with van der Waals surface area (Å²) < 4.78 is 4.62. The van der Waals surface area contributed by atoms with E-state index >= 15 is 0 Å². The van der Waals surface area contributed by atoms with E-state index in [9.17, 15) is 4.79 Å². The molecule has 0 spiro atoms. The number of carbonyl (C=O) groups is 1. The van der Waals surface area contributed by atoms with E-state index in [2.05, 4.69) is 9.73 Å². The molecule has 0 saturated carbocycles. The number of aliphatic imine (C=N–C) groups is 1. The van der Waals surface area contributed by atoms with Crippen molar-refractivity contribution in [2.24, 2.45) is 4.99 Å². The molecule has 0 atom stereocenters. The normalized spacial score (nSPS) is 11.0. The van der Waals surface area contributed by atoms with Crippen molar-refractivity contribution in [1.82, 2.24) is 0 Å². The Balaban J connectivity index is 2.43. The van der Waals surface area contributed by atoms with Gasteiger partial charge in [-0.15, -0.1) is 0 Å². The van der Waals surface area contributed by atoms with Gasteiger partial charge in [-0.25, -0.2) is 4.79 Å². The summed E-state index contributed by atoms with van der Waals surface area (Å²) in [6.07, 6.45) is 4.43. The van der Waals surface area contributed by atoms with Gasteiger partial charge in [-0.3, -0.25) is 0 Å². The Kier molecular flexibility index (Phi) is 4.87. The summed E-state index contributed by atoms with van der Waals surface area (Å²) in [4.78, 5) is 14.4. The summed E-state index contributed by atoms with van der Waals surface area (Å²) in [7, 11) is 0. The Labute approximate surface area is 89.1 Å². The van der Waals surface area contributed by atoms with Gasteiger partial charge < -0.3 is 4.74 Å². The Morgan fingerprint density at radius 3 is 2.80 bits per heavy atom. The first kappa shape index (κ1) is 11.2. The highest BCUT2D eigenvalue weighted by atomic mass is 16.5. The van der Waals surface area contributed by atoms with Gasteiger partial charge in [-0.05, 0) is 18.6 Å². The Morgan fingerprint density at radius 2 is 2.13 bits per heavy atom. The van der Waals surface area contributed by atoms with Crippen LogP contribution in [0.4, 0.5) is 4.79 Å². The van der Waals surface area contributed by atoms with E-state index in [1.54, 1.807) is 13.0 Å². The maximum Gasteiger partial charge on any atom is 0.433 e. The SMILES string of the molecule is CCOC(=O)N=CC=Cc1ccccc1. The van der Waals surface area contributed by atoms with Crippen molar-refractivity contribution in [1.29, 1.82) is 0 Å². The van der Waals surface area contributed by atoms with Gasteiger partial charge in [0.05, 0.1) is 6.61 Å². The first-order valence-electron chi connectivity index (χ1n) is 4.75. The molecule has 0 aliphatic rings. The monoisotopic (exact) mass is 203 g/mol.